The minimum absolute atomic E-state index is 0.222. The van der Waals surface area contributed by atoms with E-state index >= 15 is 0 Å². The Kier molecular flexibility index (Phi) is 7.15. The molecule has 2 saturated heterocycles. The molecular formula is C27H27FN4O5. The monoisotopic (exact) mass is 506 g/mol. The van der Waals surface area contributed by atoms with Crippen LogP contribution in [0.5, 0.6) is 5.88 Å². The summed E-state index contributed by atoms with van der Waals surface area (Å²) in [5.74, 6) is -0.0133. The fraction of sp³-hybridized carbons (Fsp3) is 0.259. The number of pyridine rings is 1. The van der Waals surface area contributed by atoms with Crippen molar-refractivity contribution in [3.05, 3.63) is 66.5 Å². The van der Waals surface area contributed by atoms with Gasteiger partial charge in [0.1, 0.15) is 24.0 Å². The first-order chi connectivity index (χ1) is 18.1. The number of amides is 1. The van der Waals surface area contributed by atoms with Crippen molar-refractivity contribution in [1.29, 1.82) is 0 Å². The molecule has 2 aromatic heterocycles. The maximum absolute atomic E-state index is 15.0. The molecule has 4 aromatic rings. The van der Waals surface area contributed by atoms with Gasteiger partial charge in [-0.2, -0.15) is 0 Å². The van der Waals surface area contributed by atoms with E-state index in [1.165, 1.54) is 13.1 Å². The number of aliphatic hydroxyl groups is 1. The summed E-state index contributed by atoms with van der Waals surface area (Å²) in [6.45, 7) is 0.525. The molecule has 1 amide bonds. The van der Waals surface area contributed by atoms with E-state index in [-0.39, 0.29) is 30.6 Å². The Labute approximate surface area is 212 Å². The number of nitrogens with zero attached hydrogens (tertiary/aromatic N) is 1. The standard InChI is InChI=1S/C26H22FN3O5.CH5N/c27-18-9-19-20(10-23(29-19)35-22-12-34-25-21(32)11-33-26(22)25)30-24(18)16-3-1-14(2-4-16)15-5-7-17(8-6-15)28-13-31;1-2/h1-10,13,21-22,25-26,29,32H,11-12H2,(H,28,31);2H2,1H3/t21-,22-,25?,26-;/m1./s1. The van der Waals surface area contributed by atoms with E-state index in [1.807, 2.05) is 48.5 Å². The van der Waals surface area contributed by atoms with Crippen LogP contribution in [0.3, 0.4) is 0 Å². The number of carbonyl (C=O) groups excluding carboxylic acids is 1. The van der Waals surface area contributed by atoms with E-state index in [1.54, 1.807) is 6.07 Å². The number of benzene rings is 2. The van der Waals surface area contributed by atoms with Gasteiger partial charge in [-0.25, -0.2) is 9.37 Å². The minimum Gasteiger partial charge on any atom is -0.470 e. The van der Waals surface area contributed by atoms with E-state index in [0.717, 1.165) is 11.1 Å². The number of rotatable bonds is 6. The summed E-state index contributed by atoms with van der Waals surface area (Å²) in [6, 6.07) is 18.0. The second-order valence-electron chi connectivity index (χ2n) is 8.62. The van der Waals surface area contributed by atoms with E-state index in [2.05, 4.69) is 21.0 Å². The number of ether oxygens (including phenoxy) is 3. The highest BCUT2D eigenvalue weighted by molar-refractivity contribution is 5.81. The molecule has 2 aliphatic rings. The van der Waals surface area contributed by atoms with Crippen LogP contribution in [-0.4, -0.2) is 66.2 Å². The van der Waals surface area contributed by atoms with Crippen LogP contribution < -0.4 is 15.8 Å². The number of aromatic nitrogens is 2. The van der Waals surface area contributed by atoms with Gasteiger partial charge in [-0.1, -0.05) is 36.4 Å². The van der Waals surface area contributed by atoms with Crippen LogP contribution >= 0.6 is 0 Å². The normalized spacial score (nSPS) is 22.3. The summed E-state index contributed by atoms with van der Waals surface area (Å²) >= 11 is 0. The molecule has 2 aliphatic heterocycles. The minimum atomic E-state index is -0.653. The molecule has 0 aliphatic carbocycles. The molecule has 9 nitrogen and oxygen atoms in total. The van der Waals surface area contributed by atoms with Gasteiger partial charge < -0.3 is 35.4 Å². The van der Waals surface area contributed by atoms with Crippen LogP contribution in [0.2, 0.25) is 0 Å². The van der Waals surface area contributed by atoms with E-state index in [0.29, 0.717) is 41.2 Å². The van der Waals surface area contributed by atoms with Crippen LogP contribution in [0.1, 0.15) is 0 Å². The number of hydrogen-bond donors (Lipinski definition) is 4. The zero-order chi connectivity index (χ0) is 25.9. The number of aliphatic hydroxyl groups excluding tert-OH is 1. The van der Waals surface area contributed by atoms with Crippen molar-refractivity contribution < 1.29 is 28.5 Å². The van der Waals surface area contributed by atoms with Gasteiger partial charge in [0.2, 0.25) is 6.41 Å². The molecule has 1 unspecified atom stereocenters. The van der Waals surface area contributed by atoms with Crippen molar-refractivity contribution in [2.75, 3.05) is 25.6 Å². The summed E-state index contributed by atoms with van der Waals surface area (Å²) in [7, 11) is 1.50. The predicted molar refractivity (Wildman–Crippen MR) is 137 cm³/mol. The molecular weight excluding hydrogens is 479 g/mol. The Bertz CT molecular complexity index is 1380. The summed E-state index contributed by atoms with van der Waals surface area (Å²) in [5.41, 5.74) is 9.13. The number of anilines is 1. The van der Waals surface area contributed by atoms with Crippen LogP contribution in [0.25, 0.3) is 33.4 Å². The van der Waals surface area contributed by atoms with Crippen LogP contribution in [-0.2, 0) is 14.3 Å². The van der Waals surface area contributed by atoms with Crippen molar-refractivity contribution in [3.8, 4) is 28.3 Å². The van der Waals surface area contributed by atoms with Crippen molar-refractivity contribution in [1.82, 2.24) is 9.97 Å². The lowest BCUT2D eigenvalue weighted by Crippen LogP contribution is -2.34. The lowest BCUT2D eigenvalue weighted by molar-refractivity contribution is -0.105. The maximum Gasteiger partial charge on any atom is 0.211 e. The first-order valence-corrected chi connectivity index (χ1v) is 11.8. The fourth-order valence-electron chi connectivity index (χ4n) is 4.63. The summed E-state index contributed by atoms with van der Waals surface area (Å²) in [5, 5.41) is 12.5. The highest BCUT2D eigenvalue weighted by Crippen LogP contribution is 2.32. The highest BCUT2D eigenvalue weighted by Gasteiger charge is 2.48. The lowest BCUT2D eigenvalue weighted by atomic mass is 10.0. The van der Waals surface area contributed by atoms with Crippen LogP contribution in [0.15, 0.2) is 60.7 Å². The molecule has 4 atom stereocenters. The average molecular weight is 507 g/mol. The van der Waals surface area contributed by atoms with Gasteiger partial charge in [0.05, 0.1) is 24.2 Å². The lowest BCUT2D eigenvalue weighted by Gasteiger charge is -2.16. The number of aromatic amines is 1. The van der Waals surface area contributed by atoms with Gasteiger partial charge in [-0.15, -0.1) is 0 Å². The summed E-state index contributed by atoms with van der Waals surface area (Å²) in [4.78, 5) is 18.1. The SMILES string of the molecule is CN.O=CNc1ccc(-c2ccc(-c3nc4cc(O[C@@H]5COC6[C@H](O)CO[C@@H]65)[nH]c4cc3F)cc2)cc1. The smallest absolute Gasteiger partial charge is 0.211 e. The third-order valence-electron chi connectivity index (χ3n) is 6.39. The molecule has 4 heterocycles. The van der Waals surface area contributed by atoms with Gasteiger partial charge in [-0.3, -0.25) is 4.79 Å². The Morgan fingerprint density at radius 2 is 1.68 bits per heavy atom. The predicted octanol–water partition coefficient (Wildman–Crippen LogP) is 3.09. The molecule has 37 heavy (non-hydrogen) atoms. The van der Waals surface area contributed by atoms with Gasteiger partial charge in [0.25, 0.3) is 0 Å². The number of H-pyrrole nitrogens is 1. The average Bonchev–Trinajstić information content (AvgIpc) is 3.62. The van der Waals surface area contributed by atoms with Gasteiger partial charge in [0.15, 0.2) is 17.8 Å². The molecule has 0 saturated carbocycles. The number of halogens is 1. The molecule has 2 aromatic carbocycles. The number of carbonyl (C=O) groups is 1. The van der Waals surface area contributed by atoms with Crippen molar-refractivity contribution in [3.63, 3.8) is 0 Å². The zero-order valence-electron chi connectivity index (χ0n) is 20.1. The third kappa shape index (κ3) is 4.92. The molecule has 10 heteroatoms. The molecule has 0 bridgehead atoms. The second kappa shape index (κ2) is 10.7. The summed E-state index contributed by atoms with van der Waals surface area (Å²) in [6.07, 6.45) is -1.12. The number of fused-ring (bicyclic) bond motifs is 2. The molecule has 0 spiro atoms. The molecule has 2 fully saturated rings. The van der Waals surface area contributed by atoms with E-state index in [9.17, 15) is 14.3 Å². The Balaban J connectivity index is 0.00000137. The second-order valence-corrected chi connectivity index (χ2v) is 8.62. The molecule has 0 radical (unpaired) electrons. The maximum atomic E-state index is 15.0. The van der Waals surface area contributed by atoms with Crippen molar-refractivity contribution in [2.45, 2.75) is 24.4 Å². The Morgan fingerprint density at radius 1 is 1.03 bits per heavy atom. The number of hydrogen-bond acceptors (Lipinski definition) is 7. The van der Waals surface area contributed by atoms with Gasteiger partial charge in [0, 0.05) is 23.4 Å². The van der Waals surface area contributed by atoms with Crippen LogP contribution in [0.4, 0.5) is 10.1 Å². The quantitative estimate of drug-likeness (QED) is 0.296. The van der Waals surface area contributed by atoms with Crippen LogP contribution in [0, 0.1) is 5.82 Å². The molecule has 192 valence electrons. The van der Waals surface area contributed by atoms with Crippen molar-refractivity contribution >= 4 is 23.1 Å². The first-order valence-electron chi connectivity index (χ1n) is 11.8. The Hall–Kier alpha value is -3.83. The summed E-state index contributed by atoms with van der Waals surface area (Å²) < 4.78 is 32.1. The topological polar surface area (TPSA) is 132 Å². The zero-order valence-corrected chi connectivity index (χ0v) is 20.1. The fourth-order valence-corrected chi connectivity index (χ4v) is 4.63. The molecule has 5 N–H and O–H groups in total. The number of nitrogens with one attached hydrogen (secondary N) is 2. The molecule has 6 rings (SSSR count). The number of nitrogens with two attached hydrogens (primary N) is 1. The van der Waals surface area contributed by atoms with Crippen molar-refractivity contribution in [2.24, 2.45) is 5.73 Å². The van der Waals surface area contributed by atoms with Gasteiger partial charge >= 0.3 is 0 Å². The third-order valence-corrected chi connectivity index (χ3v) is 6.39. The highest BCUT2D eigenvalue weighted by atomic mass is 19.1. The largest absolute Gasteiger partial charge is 0.470 e. The van der Waals surface area contributed by atoms with E-state index in [4.69, 9.17) is 14.2 Å². The van der Waals surface area contributed by atoms with E-state index < -0.39 is 11.9 Å². The van der Waals surface area contributed by atoms with Gasteiger partial charge in [-0.05, 0) is 30.3 Å². The first kappa shape index (κ1) is 24.8. The Morgan fingerprint density at radius 3 is 2.38 bits per heavy atom.